The van der Waals surface area contributed by atoms with Crippen molar-refractivity contribution in [3.63, 3.8) is 0 Å². The number of amides is 2. The fourth-order valence-electron chi connectivity index (χ4n) is 5.28. The van der Waals surface area contributed by atoms with Crippen molar-refractivity contribution >= 4 is 23.3 Å². The van der Waals surface area contributed by atoms with Gasteiger partial charge in [-0.3, -0.25) is 14.4 Å². The molecule has 36 heavy (non-hydrogen) atoms. The molecular weight excluding hydrogens is 454 g/mol. The number of anilines is 1. The molecule has 7 nitrogen and oxygen atoms in total. The maximum absolute atomic E-state index is 13.0. The van der Waals surface area contributed by atoms with Gasteiger partial charge in [-0.15, -0.1) is 0 Å². The van der Waals surface area contributed by atoms with Crippen molar-refractivity contribution in [1.29, 1.82) is 0 Å². The van der Waals surface area contributed by atoms with Crippen molar-refractivity contribution < 1.29 is 19.1 Å². The molecule has 2 saturated heterocycles. The third-order valence-electron chi connectivity index (χ3n) is 7.48. The van der Waals surface area contributed by atoms with Crippen LogP contribution in [0.2, 0.25) is 0 Å². The quantitative estimate of drug-likeness (QED) is 0.573. The molecule has 0 saturated carbocycles. The van der Waals surface area contributed by atoms with E-state index in [4.69, 9.17) is 4.74 Å². The predicted molar refractivity (Wildman–Crippen MR) is 138 cm³/mol. The van der Waals surface area contributed by atoms with Crippen molar-refractivity contribution in [2.75, 3.05) is 18.5 Å². The molecule has 3 heterocycles. The van der Waals surface area contributed by atoms with E-state index in [2.05, 4.69) is 24.1 Å². The zero-order valence-electron chi connectivity index (χ0n) is 20.8. The van der Waals surface area contributed by atoms with Gasteiger partial charge in [0.05, 0.1) is 0 Å². The zero-order valence-corrected chi connectivity index (χ0v) is 20.8. The number of ether oxygens (including phenoxy) is 1. The van der Waals surface area contributed by atoms with Gasteiger partial charge in [0.15, 0.2) is 5.78 Å². The van der Waals surface area contributed by atoms with Crippen LogP contribution in [-0.2, 0) is 22.5 Å². The summed E-state index contributed by atoms with van der Waals surface area (Å²) in [5.41, 5.74) is 6.13. The number of ketones is 1. The van der Waals surface area contributed by atoms with Crippen LogP contribution >= 0.6 is 0 Å². The van der Waals surface area contributed by atoms with E-state index in [0.717, 1.165) is 48.4 Å². The molecular formula is C29H33N3O4. The number of benzene rings is 2. The number of fused-ring (bicyclic) bond motifs is 1. The Morgan fingerprint density at radius 2 is 1.94 bits per heavy atom. The SMILES string of the molecule is C=C1CCC(N2Cc3cc(CCC(=O)c4ccc(C)c(NC5CCOCC5)c4)ccc3C2=O)C(=O)N1. The summed E-state index contributed by atoms with van der Waals surface area (Å²) in [5, 5.41) is 6.35. The molecule has 2 amide bonds. The summed E-state index contributed by atoms with van der Waals surface area (Å²) in [7, 11) is 0. The lowest BCUT2D eigenvalue weighted by Crippen LogP contribution is -2.49. The minimum absolute atomic E-state index is 0.0994. The van der Waals surface area contributed by atoms with Gasteiger partial charge < -0.3 is 20.3 Å². The standard InChI is InChI=1S/C29H33N3O4/c1-18-3-7-21(16-25(18)31-23-11-13-36-14-12-23)27(33)10-6-20-5-8-24-22(15-20)17-32(29(24)35)26-9-4-19(2)30-28(26)34/h3,5,7-8,15-16,23,26,31H,2,4,6,9-14,17H2,1H3,(H,30,34). The van der Waals surface area contributed by atoms with Crippen LogP contribution in [0.1, 0.15) is 69.5 Å². The number of nitrogens with one attached hydrogen (secondary N) is 2. The van der Waals surface area contributed by atoms with Gasteiger partial charge in [0.2, 0.25) is 5.91 Å². The molecule has 5 rings (SSSR count). The van der Waals surface area contributed by atoms with Crippen molar-refractivity contribution in [1.82, 2.24) is 10.2 Å². The van der Waals surface area contributed by atoms with E-state index in [1.54, 1.807) is 4.90 Å². The molecule has 2 fully saturated rings. The molecule has 2 N–H and O–H groups in total. The number of aryl methyl sites for hydroxylation is 2. The lowest BCUT2D eigenvalue weighted by Gasteiger charge is -2.30. The summed E-state index contributed by atoms with van der Waals surface area (Å²) in [6.07, 6.45) is 4.19. The molecule has 0 spiro atoms. The molecule has 0 aromatic heterocycles. The molecule has 3 aliphatic heterocycles. The lowest BCUT2D eigenvalue weighted by atomic mass is 9.98. The third kappa shape index (κ3) is 5.07. The van der Waals surface area contributed by atoms with E-state index < -0.39 is 6.04 Å². The van der Waals surface area contributed by atoms with Gasteiger partial charge in [0, 0.05) is 54.7 Å². The Bertz CT molecular complexity index is 1210. The molecule has 2 aromatic rings. The maximum atomic E-state index is 13.0. The van der Waals surface area contributed by atoms with Crippen LogP contribution in [0.15, 0.2) is 48.7 Å². The summed E-state index contributed by atoms with van der Waals surface area (Å²) in [6.45, 7) is 7.82. The second kappa shape index (κ2) is 10.3. The van der Waals surface area contributed by atoms with Crippen LogP contribution in [0.25, 0.3) is 0 Å². The van der Waals surface area contributed by atoms with Crippen LogP contribution in [0.5, 0.6) is 0 Å². The van der Waals surface area contributed by atoms with Crippen molar-refractivity contribution in [3.05, 3.63) is 76.5 Å². The molecule has 2 aromatic carbocycles. The second-order valence-corrected chi connectivity index (χ2v) is 10.1. The van der Waals surface area contributed by atoms with Gasteiger partial charge in [-0.2, -0.15) is 0 Å². The minimum Gasteiger partial charge on any atom is -0.382 e. The Balaban J connectivity index is 1.22. The highest BCUT2D eigenvalue weighted by Crippen LogP contribution is 2.29. The largest absolute Gasteiger partial charge is 0.382 e. The van der Waals surface area contributed by atoms with Crippen LogP contribution in [-0.4, -0.2) is 47.8 Å². The third-order valence-corrected chi connectivity index (χ3v) is 7.48. The summed E-state index contributed by atoms with van der Waals surface area (Å²) >= 11 is 0. The maximum Gasteiger partial charge on any atom is 0.255 e. The number of rotatable bonds is 7. The number of hydrogen-bond acceptors (Lipinski definition) is 5. The van der Waals surface area contributed by atoms with Gasteiger partial charge in [-0.1, -0.05) is 30.8 Å². The van der Waals surface area contributed by atoms with Gasteiger partial charge in [-0.05, 0) is 67.9 Å². The minimum atomic E-state index is -0.467. The molecule has 3 aliphatic rings. The van der Waals surface area contributed by atoms with E-state index in [9.17, 15) is 14.4 Å². The number of nitrogens with zero attached hydrogens (tertiary/aromatic N) is 1. The highest BCUT2D eigenvalue weighted by molar-refractivity contribution is 6.01. The van der Waals surface area contributed by atoms with Crippen molar-refractivity contribution in [2.45, 2.75) is 64.1 Å². The van der Waals surface area contributed by atoms with Gasteiger partial charge in [0.25, 0.3) is 5.91 Å². The number of carbonyl (C=O) groups is 3. The van der Waals surface area contributed by atoms with Crippen molar-refractivity contribution in [3.8, 4) is 0 Å². The fraction of sp³-hybridized carbons (Fsp3) is 0.414. The Morgan fingerprint density at radius 3 is 2.72 bits per heavy atom. The summed E-state index contributed by atoms with van der Waals surface area (Å²) in [6, 6.07) is 11.5. The number of Topliss-reactive ketones (excluding diaryl/α,β-unsaturated/α-hetero) is 1. The summed E-state index contributed by atoms with van der Waals surface area (Å²) in [4.78, 5) is 40.0. The van der Waals surface area contributed by atoms with Gasteiger partial charge >= 0.3 is 0 Å². The fourth-order valence-corrected chi connectivity index (χ4v) is 5.28. The van der Waals surface area contributed by atoms with Gasteiger partial charge in [-0.25, -0.2) is 0 Å². The average molecular weight is 488 g/mol. The smallest absolute Gasteiger partial charge is 0.255 e. The molecule has 188 valence electrons. The van der Waals surface area contributed by atoms with Crippen LogP contribution in [0.3, 0.4) is 0 Å². The van der Waals surface area contributed by atoms with Crippen LogP contribution in [0, 0.1) is 6.92 Å². The van der Waals surface area contributed by atoms with E-state index in [-0.39, 0.29) is 17.6 Å². The highest BCUT2D eigenvalue weighted by Gasteiger charge is 2.38. The number of hydrogen-bond donors (Lipinski definition) is 2. The molecule has 7 heteroatoms. The Hall–Kier alpha value is -3.45. The number of carbonyl (C=O) groups excluding carboxylic acids is 3. The summed E-state index contributed by atoms with van der Waals surface area (Å²) < 4.78 is 5.45. The first-order valence-electron chi connectivity index (χ1n) is 12.8. The monoisotopic (exact) mass is 487 g/mol. The topological polar surface area (TPSA) is 87.7 Å². The molecule has 1 unspecified atom stereocenters. The first-order chi connectivity index (χ1) is 17.4. The molecule has 0 aliphatic carbocycles. The van der Waals surface area contributed by atoms with Gasteiger partial charge in [0.1, 0.15) is 6.04 Å². The average Bonchev–Trinajstić information content (AvgIpc) is 3.20. The first kappa shape index (κ1) is 24.3. The lowest BCUT2D eigenvalue weighted by molar-refractivity contribution is -0.126. The number of piperidine rings is 1. The molecule has 0 bridgehead atoms. The van der Waals surface area contributed by atoms with Crippen molar-refractivity contribution in [2.24, 2.45) is 0 Å². The van der Waals surface area contributed by atoms with Crippen LogP contribution in [0.4, 0.5) is 5.69 Å². The Morgan fingerprint density at radius 1 is 1.14 bits per heavy atom. The Kier molecular flexibility index (Phi) is 6.92. The van der Waals surface area contributed by atoms with E-state index >= 15 is 0 Å². The first-order valence-corrected chi connectivity index (χ1v) is 12.8. The Labute approximate surface area is 211 Å². The predicted octanol–water partition coefficient (Wildman–Crippen LogP) is 4.15. The van der Waals surface area contributed by atoms with E-state index in [1.165, 1.54) is 0 Å². The number of allylic oxidation sites excluding steroid dienone is 1. The summed E-state index contributed by atoms with van der Waals surface area (Å²) in [5.74, 6) is -0.172. The molecule has 0 radical (unpaired) electrons. The van der Waals surface area contributed by atoms with Crippen LogP contribution < -0.4 is 10.6 Å². The van der Waals surface area contributed by atoms with E-state index in [1.807, 2.05) is 36.4 Å². The highest BCUT2D eigenvalue weighted by atomic mass is 16.5. The second-order valence-electron chi connectivity index (χ2n) is 10.1. The van der Waals surface area contributed by atoms with E-state index in [0.29, 0.717) is 55.1 Å². The normalized spacial score (nSPS) is 20.3. The zero-order chi connectivity index (χ0) is 25.2. The molecule has 1 atom stereocenters.